The number of rotatable bonds is 5. The van der Waals surface area contributed by atoms with Gasteiger partial charge in [-0.3, -0.25) is 4.98 Å². The van der Waals surface area contributed by atoms with Crippen molar-refractivity contribution in [2.45, 2.75) is 26.4 Å². The van der Waals surface area contributed by atoms with E-state index < -0.39 is 0 Å². The minimum Gasteiger partial charge on any atom is -0.353 e. The number of anilines is 1. The Labute approximate surface area is 116 Å². The van der Waals surface area contributed by atoms with E-state index in [1.807, 2.05) is 12.4 Å². The van der Waals surface area contributed by atoms with E-state index in [-0.39, 0.29) is 0 Å². The molecule has 2 rings (SSSR count). The van der Waals surface area contributed by atoms with Crippen LogP contribution in [0.3, 0.4) is 0 Å². The first kappa shape index (κ1) is 14.2. The zero-order chi connectivity index (χ0) is 13.8. The molecule has 0 amide bonds. The summed E-state index contributed by atoms with van der Waals surface area (Å²) in [5.74, 6) is 1.67. The molecule has 2 unspecified atom stereocenters. The Bertz CT molecular complexity index is 407. The fraction of sp³-hybridized carbons (Fsp3) is 0.714. The van der Waals surface area contributed by atoms with Crippen molar-refractivity contribution in [1.82, 2.24) is 20.2 Å². The third kappa shape index (κ3) is 3.42. The number of nitrogens with zero attached hydrogens (tertiary/aromatic N) is 4. The predicted octanol–water partition coefficient (Wildman–Crippen LogP) is 0.972. The van der Waals surface area contributed by atoms with Gasteiger partial charge in [0, 0.05) is 31.9 Å². The van der Waals surface area contributed by atoms with Gasteiger partial charge in [0.1, 0.15) is 5.82 Å². The van der Waals surface area contributed by atoms with Crippen molar-refractivity contribution in [2.24, 2.45) is 5.92 Å². The molecule has 5 nitrogen and oxygen atoms in total. The molecule has 1 N–H and O–H groups in total. The summed E-state index contributed by atoms with van der Waals surface area (Å²) in [6, 6.07) is 0.597. The molecule has 1 aromatic heterocycles. The molecule has 2 atom stereocenters. The van der Waals surface area contributed by atoms with E-state index in [9.17, 15) is 0 Å². The van der Waals surface area contributed by atoms with Gasteiger partial charge in [-0.05, 0) is 26.6 Å². The second kappa shape index (κ2) is 6.30. The van der Waals surface area contributed by atoms with Crippen molar-refractivity contribution in [1.29, 1.82) is 0 Å². The predicted molar refractivity (Wildman–Crippen MR) is 78.3 cm³/mol. The van der Waals surface area contributed by atoms with Crippen LogP contribution in [0.15, 0.2) is 12.4 Å². The smallest absolute Gasteiger partial charge is 0.147 e. The van der Waals surface area contributed by atoms with Gasteiger partial charge in [-0.1, -0.05) is 13.8 Å². The third-order valence-corrected chi connectivity index (χ3v) is 3.79. The van der Waals surface area contributed by atoms with Crippen LogP contribution in [0.25, 0.3) is 0 Å². The zero-order valence-corrected chi connectivity index (χ0v) is 12.4. The molecule has 0 spiro atoms. The largest absolute Gasteiger partial charge is 0.353 e. The van der Waals surface area contributed by atoms with Crippen LogP contribution < -0.4 is 10.2 Å². The second-order valence-corrected chi connectivity index (χ2v) is 5.56. The maximum Gasteiger partial charge on any atom is 0.147 e. The summed E-state index contributed by atoms with van der Waals surface area (Å²) >= 11 is 0. The lowest BCUT2D eigenvalue weighted by Gasteiger charge is -2.22. The van der Waals surface area contributed by atoms with E-state index in [0.717, 1.165) is 37.7 Å². The average Bonchev–Trinajstić information content (AvgIpc) is 2.79. The lowest BCUT2D eigenvalue weighted by Crippen LogP contribution is -2.34. The summed E-state index contributed by atoms with van der Waals surface area (Å²) < 4.78 is 0. The fourth-order valence-corrected chi connectivity index (χ4v) is 2.69. The van der Waals surface area contributed by atoms with Crippen LogP contribution in [0.2, 0.25) is 0 Å². The molecule has 0 aliphatic carbocycles. The molecular weight excluding hydrogens is 238 g/mol. The maximum absolute atomic E-state index is 4.70. The van der Waals surface area contributed by atoms with Gasteiger partial charge in [-0.15, -0.1) is 0 Å². The molecule has 5 heteroatoms. The van der Waals surface area contributed by atoms with Crippen molar-refractivity contribution < 1.29 is 0 Å². The molecule has 2 heterocycles. The van der Waals surface area contributed by atoms with Gasteiger partial charge in [0.15, 0.2) is 0 Å². The van der Waals surface area contributed by atoms with Crippen LogP contribution in [-0.4, -0.2) is 54.6 Å². The second-order valence-electron chi connectivity index (χ2n) is 5.56. The van der Waals surface area contributed by atoms with Gasteiger partial charge in [0.05, 0.1) is 11.9 Å². The fourth-order valence-electron chi connectivity index (χ4n) is 2.69. The molecule has 0 saturated carbocycles. The van der Waals surface area contributed by atoms with Crippen LogP contribution in [0, 0.1) is 5.92 Å². The molecule has 1 aliphatic rings. The molecule has 106 valence electrons. The molecule has 1 aliphatic heterocycles. The van der Waals surface area contributed by atoms with Crippen LogP contribution in [0.4, 0.5) is 5.82 Å². The van der Waals surface area contributed by atoms with Crippen LogP contribution in [0.5, 0.6) is 0 Å². The van der Waals surface area contributed by atoms with Crippen molar-refractivity contribution in [3.8, 4) is 0 Å². The van der Waals surface area contributed by atoms with E-state index in [1.54, 1.807) is 0 Å². The highest BCUT2D eigenvalue weighted by molar-refractivity contribution is 5.38. The topological polar surface area (TPSA) is 44.3 Å². The minimum atomic E-state index is 0.597. The Balaban J connectivity index is 2.06. The summed E-state index contributed by atoms with van der Waals surface area (Å²) in [6.45, 7) is 8.24. The Morgan fingerprint density at radius 2 is 2.16 bits per heavy atom. The molecule has 1 saturated heterocycles. The summed E-state index contributed by atoms with van der Waals surface area (Å²) in [7, 11) is 4.30. The monoisotopic (exact) mass is 263 g/mol. The highest BCUT2D eigenvalue weighted by Crippen LogP contribution is 2.24. The van der Waals surface area contributed by atoms with E-state index in [1.165, 1.54) is 0 Å². The van der Waals surface area contributed by atoms with E-state index in [0.29, 0.717) is 12.0 Å². The summed E-state index contributed by atoms with van der Waals surface area (Å²) in [5, 5.41) is 3.29. The first-order valence-electron chi connectivity index (χ1n) is 7.04. The minimum absolute atomic E-state index is 0.597. The maximum atomic E-state index is 4.70. The van der Waals surface area contributed by atoms with Gasteiger partial charge in [0.2, 0.25) is 0 Å². The highest BCUT2D eigenvalue weighted by Gasteiger charge is 2.31. The highest BCUT2D eigenvalue weighted by atomic mass is 15.3. The summed E-state index contributed by atoms with van der Waals surface area (Å²) in [6.07, 6.45) is 3.72. The van der Waals surface area contributed by atoms with Crippen molar-refractivity contribution in [3.63, 3.8) is 0 Å². The summed E-state index contributed by atoms with van der Waals surface area (Å²) in [4.78, 5) is 13.7. The SMILES string of the molecule is CCNCc1cncc(N2CC(C)C(N(C)C)C2)n1. The first-order chi connectivity index (χ1) is 9.11. The zero-order valence-electron chi connectivity index (χ0n) is 12.4. The molecule has 0 aromatic carbocycles. The first-order valence-corrected chi connectivity index (χ1v) is 7.04. The van der Waals surface area contributed by atoms with Crippen molar-refractivity contribution in [3.05, 3.63) is 18.1 Å². The van der Waals surface area contributed by atoms with Crippen molar-refractivity contribution in [2.75, 3.05) is 38.6 Å². The molecule has 1 aromatic rings. The van der Waals surface area contributed by atoms with E-state index >= 15 is 0 Å². The Kier molecular flexibility index (Phi) is 4.71. The number of aromatic nitrogens is 2. The molecule has 0 bridgehead atoms. The Hall–Kier alpha value is -1.20. The van der Waals surface area contributed by atoms with Gasteiger partial charge in [0.25, 0.3) is 0 Å². The van der Waals surface area contributed by atoms with Crippen LogP contribution in [0.1, 0.15) is 19.5 Å². The average molecular weight is 263 g/mol. The number of nitrogens with one attached hydrogen (secondary N) is 1. The number of hydrogen-bond acceptors (Lipinski definition) is 5. The normalized spacial score (nSPS) is 23.3. The standard InChI is InChI=1S/C14H25N5/c1-5-15-6-12-7-16-8-14(17-12)19-9-11(2)13(10-19)18(3)4/h7-8,11,13,15H,5-6,9-10H2,1-4H3. The van der Waals surface area contributed by atoms with Gasteiger partial charge >= 0.3 is 0 Å². The quantitative estimate of drug-likeness (QED) is 0.857. The van der Waals surface area contributed by atoms with E-state index in [4.69, 9.17) is 4.98 Å². The Morgan fingerprint density at radius 3 is 2.79 bits per heavy atom. The van der Waals surface area contributed by atoms with Crippen molar-refractivity contribution >= 4 is 5.82 Å². The molecule has 1 fully saturated rings. The summed E-state index contributed by atoms with van der Waals surface area (Å²) in [5.41, 5.74) is 1.01. The lowest BCUT2D eigenvalue weighted by molar-refractivity contribution is 0.266. The van der Waals surface area contributed by atoms with Crippen LogP contribution in [-0.2, 0) is 6.54 Å². The van der Waals surface area contributed by atoms with Gasteiger partial charge < -0.3 is 15.1 Å². The Morgan fingerprint density at radius 1 is 1.37 bits per heavy atom. The third-order valence-electron chi connectivity index (χ3n) is 3.79. The molecule has 19 heavy (non-hydrogen) atoms. The van der Waals surface area contributed by atoms with Crippen LogP contribution >= 0.6 is 0 Å². The van der Waals surface area contributed by atoms with Gasteiger partial charge in [-0.2, -0.15) is 0 Å². The lowest BCUT2D eigenvalue weighted by atomic mass is 10.1. The molecule has 0 radical (unpaired) electrons. The van der Waals surface area contributed by atoms with Gasteiger partial charge in [-0.25, -0.2) is 4.98 Å². The molecular formula is C14H25N5. The number of hydrogen-bond donors (Lipinski definition) is 1. The van der Waals surface area contributed by atoms with E-state index in [2.05, 4.69) is 48.0 Å². The number of likely N-dealkylation sites (N-methyl/N-ethyl adjacent to an activating group) is 1.